The molecule has 2 heterocycles. The summed E-state index contributed by atoms with van der Waals surface area (Å²) in [6.07, 6.45) is 1.78. The monoisotopic (exact) mass is 354 g/mol. The van der Waals surface area contributed by atoms with E-state index in [4.69, 9.17) is 9.84 Å². The quantitative estimate of drug-likeness (QED) is 0.832. The van der Waals surface area contributed by atoms with Crippen molar-refractivity contribution in [3.63, 3.8) is 0 Å². The van der Waals surface area contributed by atoms with E-state index in [1.165, 1.54) is 12.1 Å². The summed E-state index contributed by atoms with van der Waals surface area (Å²) in [6, 6.07) is 12.6. The summed E-state index contributed by atoms with van der Waals surface area (Å²) in [6.45, 7) is 3.06. The van der Waals surface area contributed by atoms with E-state index >= 15 is 0 Å². The molecule has 3 rings (SSSR count). The maximum atomic E-state index is 12.7. The van der Waals surface area contributed by atoms with Crippen LogP contribution >= 0.6 is 0 Å². The van der Waals surface area contributed by atoms with Crippen LogP contribution in [0.3, 0.4) is 0 Å². The molecule has 26 heavy (non-hydrogen) atoms. The number of amides is 1. The number of carboxylic acids is 1. The molecule has 0 saturated carbocycles. The van der Waals surface area contributed by atoms with Gasteiger partial charge in [0.05, 0.1) is 17.3 Å². The summed E-state index contributed by atoms with van der Waals surface area (Å²) in [5, 5.41) is 12.1. The molecule has 1 amide bonds. The SMILES string of the molecule is Cc1nc(C(=O)NC(CC2CCOC2)c2ccccc2)ccc1C(=O)O. The fourth-order valence-corrected chi connectivity index (χ4v) is 3.21. The van der Waals surface area contributed by atoms with Crippen molar-refractivity contribution < 1.29 is 19.4 Å². The van der Waals surface area contributed by atoms with Crippen LogP contribution in [0.5, 0.6) is 0 Å². The number of carbonyl (C=O) groups excluding carboxylic acids is 1. The highest BCUT2D eigenvalue weighted by Gasteiger charge is 2.24. The zero-order valence-electron chi connectivity index (χ0n) is 14.6. The zero-order chi connectivity index (χ0) is 18.5. The van der Waals surface area contributed by atoms with Crippen LogP contribution in [0.25, 0.3) is 0 Å². The van der Waals surface area contributed by atoms with Crippen LogP contribution in [0, 0.1) is 12.8 Å². The predicted octanol–water partition coefficient (Wildman–Crippen LogP) is 2.99. The van der Waals surface area contributed by atoms with Gasteiger partial charge < -0.3 is 15.2 Å². The summed E-state index contributed by atoms with van der Waals surface area (Å²) in [5.74, 6) is -0.951. The zero-order valence-corrected chi connectivity index (χ0v) is 14.6. The first kappa shape index (κ1) is 18.1. The van der Waals surface area contributed by atoms with E-state index in [1.54, 1.807) is 6.92 Å². The Hall–Kier alpha value is -2.73. The molecule has 136 valence electrons. The van der Waals surface area contributed by atoms with Gasteiger partial charge in [0.15, 0.2) is 0 Å². The van der Waals surface area contributed by atoms with Crippen molar-refractivity contribution in [1.29, 1.82) is 0 Å². The molecule has 1 fully saturated rings. The Morgan fingerprint density at radius 3 is 2.65 bits per heavy atom. The number of hydrogen-bond donors (Lipinski definition) is 2. The lowest BCUT2D eigenvalue weighted by Gasteiger charge is -2.22. The minimum absolute atomic E-state index is 0.101. The van der Waals surface area contributed by atoms with Crippen LogP contribution in [0.2, 0.25) is 0 Å². The standard InChI is InChI=1S/C20H22N2O4/c1-13-16(20(24)25)7-8-17(21-13)19(23)22-18(11-14-9-10-26-12-14)15-5-3-2-4-6-15/h2-8,14,18H,9-12H2,1H3,(H,22,23)(H,24,25). The number of hydrogen-bond acceptors (Lipinski definition) is 4. The number of nitrogens with zero attached hydrogens (tertiary/aromatic N) is 1. The molecule has 0 spiro atoms. The van der Waals surface area contributed by atoms with Gasteiger partial charge in [-0.05, 0) is 43.4 Å². The molecule has 0 radical (unpaired) electrons. The van der Waals surface area contributed by atoms with Gasteiger partial charge in [-0.1, -0.05) is 30.3 Å². The highest BCUT2D eigenvalue weighted by Crippen LogP contribution is 2.26. The molecule has 2 atom stereocenters. The topological polar surface area (TPSA) is 88.5 Å². The molecular formula is C20H22N2O4. The second-order valence-corrected chi connectivity index (χ2v) is 6.54. The van der Waals surface area contributed by atoms with Crippen molar-refractivity contribution in [2.24, 2.45) is 5.92 Å². The van der Waals surface area contributed by atoms with Crippen LogP contribution in [-0.2, 0) is 4.74 Å². The Morgan fingerprint density at radius 1 is 1.27 bits per heavy atom. The molecule has 6 heteroatoms. The first-order chi connectivity index (χ1) is 12.5. The average Bonchev–Trinajstić information content (AvgIpc) is 3.14. The number of aromatic carboxylic acids is 1. The number of aryl methyl sites for hydroxylation is 1. The lowest BCUT2D eigenvalue weighted by Crippen LogP contribution is -2.31. The van der Waals surface area contributed by atoms with Crippen molar-refractivity contribution in [2.75, 3.05) is 13.2 Å². The summed E-state index contributed by atoms with van der Waals surface area (Å²) in [5.41, 5.74) is 1.68. The molecule has 6 nitrogen and oxygen atoms in total. The fourth-order valence-electron chi connectivity index (χ4n) is 3.21. The molecule has 1 aliphatic heterocycles. The number of ether oxygens (including phenoxy) is 1. The van der Waals surface area contributed by atoms with Gasteiger partial charge in [0.25, 0.3) is 5.91 Å². The van der Waals surface area contributed by atoms with E-state index < -0.39 is 5.97 Å². The predicted molar refractivity (Wildman–Crippen MR) is 96.1 cm³/mol. The number of carboxylic acid groups (broad SMARTS) is 1. The summed E-state index contributed by atoms with van der Waals surface area (Å²) in [7, 11) is 0. The van der Waals surface area contributed by atoms with E-state index in [0.717, 1.165) is 25.0 Å². The molecule has 1 aromatic carbocycles. The largest absolute Gasteiger partial charge is 0.478 e. The van der Waals surface area contributed by atoms with Gasteiger partial charge in [-0.2, -0.15) is 0 Å². The van der Waals surface area contributed by atoms with Crippen molar-refractivity contribution in [2.45, 2.75) is 25.8 Å². The highest BCUT2D eigenvalue weighted by molar-refractivity contribution is 5.94. The third-order valence-corrected chi connectivity index (χ3v) is 4.65. The van der Waals surface area contributed by atoms with Crippen LogP contribution in [0.15, 0.2) is 42.5 Å². The van der Waals surface area contributed by atoms with Crippen molar-refractivity contribution in [3.05, 3.63) is 65.0 Å². The van der Waals surface area contributed by atoms with Crippen LogP contribution < -0.4 is 5.32 Å². The van der Waals surface area contributed by atoms with E-state index in [2.05, 4.69) is 10.3 Å². The summed E-state index contributed by atoms with van der Waals surface area (Å²) >= 11 is 0. The van der Waals surface area contributed by atoms with Crippen molar-refractivity contribution in [1.82, 2.24) is 10.3 Å². The number of carbonyl (C=O) groups is 2. The van der Waals surface area contributed by atoms with Crippen molar-refractivity contribution >= 4 is 11.9 Å². The third-order valence-electron chi connectivity index (χ3n) is 4.65. The van der Waals surface area contributed by atoms with Crippen LogP contribution in [0.4, 0.5) is 0 Å². The lowest BCUT2D eigenvalue weighted by atomic mass is 9.94. The Balaban J connectivity index is 1.78. The summed E-state index contributed by atoms with van der Waals surface area (Å²) in [4.78, 5) is 27.9. The average molecular weight is 354 g/mol. The third kappa shape index (κ3) is 4.26. The van der Waals surface area contributed by atoms with Crippen molar-refractivity contribution in [3.8, 4) is 0 Å². The highest BCUT2D eigenvalue weighted by atomic mass is 16.5. The van der Waals surface area contributed by atoms with E-state index in [-0.39, 0.29) is 23.2 Å². The number of nitrogens with one attached hydrogen (secondary N) is 1. The molecule has 0 aliphatic carbocycles. The Bertz CT molecular complexity index is 786. The number of benzene rings is 1. The first-order valence-electron chi connectivity index (χ1n) is 8.69. The number of pyridine rings is 1. The molecule has 0 bridgehead atoms. The molecular weight excluding hydrogens is 332 g/mol. The normalized spacial score (nSPS) is 17.7. The molecule has 2 unspecified atom stereocenters. The lowest BCUT2D eigenvalue weighted by molar-refractivity contribution is 0.0694. The number of rotatable bonds is 6. The second kappa shape index (κ2) is 8.10. The van der Waals surface area contributed by atoms with Gasteiger partial charge in [-0.15, -0.1) is 0 Å². The molecule has 1 saturated heterocycles. The van der Waals surface area contributed by atoms with Crippen LogP contribution in [0.1, 0.15) is 51.0 Å². The molecule has 1 aliphatic rings. The first-order valence-corrected chi connectivity index (χ1v) is 8.69. The van der Waals surface area contributed by atoms with E-state index in [1.807, 2.05) is 30.3 Å². The Kier molecular flexibility index (Phi) is 5.63. The smallest absolute Gasteiger partial charge is 0.337 e. The maximum absolute atomic E-state index is 12.7. The summed E-state index contributed by atoms with van der Waals surface area (Å²) < 4.78 is 5.45. The Labute approximate surface area is 152 Å². The minimum atomic E-state index is -1.05. The molecule has 1 aromatic heterocycles. The molecule has 2 aromatic rings. The minimum Gasteiger partial charge on any atom is -0.478 e. The Morgan fingerprint density at radius 2 is 2.04 bits per heavy atom. The maximum Gasteiger partial charge on any atom is 0.337 e. The van der Waals surface area contributed by atoms with E-state index in [0.29, 0.717) is 18.2 Å². The van der Waals surface area contributed by atoms with Gasteiger partial charge in [-0.25, -0.2) is 9.78 Å². The second-order valence-electron chi connectivity index (χ2n) is 6.54. The molecule has 2 N–H and O–H groups in total. The number of aromatic nitrogens is 1. The van der Waals surface area contributed by atoms with Gasteiger partial charge in [0.1, 0.15) is 5.69 Å². The van der Waals surface area contributed by atoms with Crippen LogP contribution in [-0.4, -0.2) is 35.2 Å². The van der Waals surface area contributed by atoms with E-state index in [9.17, 15) is 9.59 Å². The van der Waals surface area contributed by atoms with Gasteiger partial charge >= 0.3 is 5.97 Å². The van der Waals surface area contributed by atoms with Gasteiger partial charge in [0.2, 0.25) is 0 Å². The van der Waals surface area contributed by atoms with Gasteiger partial charge in [0, 0.05) is 13.2 Å². The fraction of sp³-hybridized carbons (Fsp3) is 0.350. The van der Waals surface area contributed by atoms with Gasteiger partial charge in [-0.3, -0.25) is 4.79 Å².